The van der Waals surface area contributed by atoms with Crippen molar-refractivity contribution in [3.63, 3.8) is 0 Å². The molecule has 0 fully saturated rings. The molecule has 2 rings (SSSR count). The molecule has 0 saturated carbocycles. The van der Waals surface area contributed by atoms with E-state index in [1.807, 2.05) is 12.1 Å². The van der Waals surface area contributed by atoms with E-state index in [1.165, 1.54) is 16.0 Å². The standard InChI is InChI=1S/C12H13NOS2/c1-8-6-15-7-9(8)10-4-5-11(16-10)12(14)13(2)3/h4-7H,1-3H3. The fourth-order valence-electron chi connectivity index (χ4n) is 1.43. The molecule has 1 amide bonds. The lowest BCUT2D eigenvalue weighted by Gasteiger charge is -2.07. The van der Waals surface area contributed by atoms with E-state index in [4.69, 9.17) is 0 Å². The Bertz CT molecular complexity index is 511. The summed E-state index contributed by atoms with van der Waals surface area (Å²) in [6.07, 6.45) is 0. The molecule has 0 aliphatic rings. The van der Waals surface area contributed by atoms with Crippen LogP contribution in [0.5, 0.6) is 0 Å². The SMILES string of the molecule is Cc1cscc1-c1ccc(C(=O)N(C)C)s1. The number of carbonyl (C=O) groups excluding carboxylic acids is 1. The third-order valence-electron chi connectivity index (χ3n) is 2.34. The van der Waals surface area contributed by atoms with Crippen molar-refractivity contribution in [1.29, 1.82) is 0 Å². The van der Waals surface area contributed by atoms with Crippen LogP contribution in [0.25, 0.3) is 10.4 Å². The van der Waals surface area contributed by atoms with Gasteiger partial charge >= 0.3 is 0 Å². The van der Waals surface area contributed by atoms with Gasteiger partial charge in [0.15, 0.2) is 0 Å². The van der Waals surface area contributed by atoms with Crippen LogP contribution in [0.1, 0.15) is 15.2 Å². The van der Waals surface area contributed by atoms with Crippen molar-refractivity contribution in [2.24, 2.45) is 0 Å². The smallest absolute Gasteiger partial charge is 0.263 e. The summed E-state index contributed by atoms with van der Waals surface area (Å²) >= 11 is 3.25. The minimum atomic E-state index is 0.0733. The summed E-state index contributed by atoms with van der Waals surface area (Å²) in [5, 5.41) is 4.26. The van der Waals surface area contributed by atoms with Crippen LogP contribution < -0.4 is 0 Å². The second-order valence-corrected chi connectivity index (χ2v) is 5.66. The number of hydrogen-bond donors (Lipinski definition) is 0. The average molecular weight is 251 g/mol. The molecule has 0 aromatic carbocycles. The highest BCUT2D eigenvalue weighted by Crippen LogP contribution is 2.32. The molecule has 2 heterocycles. The molecule has 0 saturated heterocycles. The van der Waals surface area contributed by atoms with Gasteiger partial charge in [0, 0.05) is 24.5 Å². The second-order valence-electron chi connectivity index (χ2n) is 3.83. The molecule has 16 heavy (non-hydrogen) atoms. The number of rotatable bonds is 2. The molecule has 0 spiro atoms. The Kier molecular flexibility index (Phi) is 3.12. The Morgan fingerprint density at radius 1 is 1.25 bits per heavy atom. The summed E-state index contributed by atoms with van der Waals surface area (Å²) in [7, 11) is 3.55. The van der Waals surface area contributed by atoms with Gasteiger partial charge in [-0.3, -0.25) is 4.79 Å². The zero-order chi connectivity index (χ0) is 11.7. The van der Waals surface area contributed by atoms with Crippen molar-refractivity contribution < 1.29 is 4.79 Å². The average Bonchev–Trinajstić information content (AvgIpc) is 2.84. The first-order valence-corrected chi connectivity index (χ1v) is 6.70. The van der Waals surface area contributed by atoms with E-state index in [2.05, 4.69) is 17.7 Å². The number of hydrogen-bond acceptors (Lipinski definition) is 3. The first-order chi connectivity index (χ1) is 7.59. The molecule has 0 N–H and O–H groups in total. The number of carbonyl (C=O) groups is 1. The second kappa shape index (κ2) is 4.39. The minimum Gasteiger partial charge on any atom is -0.344 e. The van der Waals surface area contributed by atoms with E-state index >= 15 is 0 Å². The Morgan fingerprint density at radius 3 is 2.56 bits per heavy atom. The van der Waals surface area contributed by atoms with Gasteiger partial charge in [-0.25, -0.2) is 0 Å². The van der Waals surface area contributed by atoms with Crippen LogP contribution in [0.3, 0.4) is 0 Å². The fourth-order valence-corrected chi connectivity index (χ4v) is 3.46. The molecule has 4 heteroatoms. The van der Waals surface area contributed by atoms with Crippen molar-refractivity contribution in [2.75, 3.05) is 14.1 Å². The van der Waals surface area contributed by atoms with Crippen LogP contribution in [0, 0.1) is 6.92 Å². The van der Waals surface area contributed by atoms with Crippen molar-refractivity contribution in [1.82, 2.24) is 4.90 Å². The lowest BCUT2D eigenvalue weighted by Crippen LogP contribution is -2.20. The first-order valence-electron chi connectivity index (χ1n) is 4.94. The Morgan fingerprint density at radius 2 is 2.00 bits per heavy atom. The molecule has 84 valence electrons. The molecule has 0 radical (unpaired) electrons. The van der Waals surface area contributed by atoms with E-state index in [1.54, 1.807) is 41.7 Å². The summed E-state index contributed by atoms with van der Waals surface area (Å²) in [6, 6.07) is 3.93. The summed E-state index contributed by atoms with van der Waals surface area (Å²) < 4.78 is 0. The molecule has 2 aromatic rings. The number of amides is 1. The lowest BCUT2D eigenvalue weighted by atomic mass is 10.2. The monoisotopic (exact) mass is 251 g/mol. The number of thiophene rings is 2. The van der Waals surface area contributed by atoms with Crippen LogP contribution in [0.15, 0.2) is 22.9 Å². The predicted octanol–water partition coefficient (Wildman–Crippen LogP) is 3.49. The largest absolute Gasteiger partial charge is 0.344 e. The summed E-state index contributed by atoms with van der Waals surface area (Å²) in [4.78, 5) is 15.3. The van der Waals surface area contributed by atoms with E-state index in [9.17, 15) is 4.79 Å². The predicted molar refractivity (Wildman–Crippen MR) is 70.4 cm³/mol. The van der Waals surface area contributed by atoms with Crippen LogP contribution in [-0.4, -0.2) is 24.9 Å². The molecule has 0 bridgehead atoms. The van der Waals surface area contributed by atoms with Crippen LogP contribution in [0.4, 0.5) is 0 Å². The molecule has 0 aliphatic carbocycles. The van der Waals surface area contributed by atoms with Gasteiger partial charge in [-0.1, -0.05) is 0 Å². The quantitative estimate of drug-likeness (QED) is 0.800. The maximum absolute atomic E-state index is 11.8. The lowest BCUT2D eigenvalue weighted by molar-refractivity contribution is 0.0832. The van der Waals surface area contributed by atoms with Gasteiger partial charge in [-0.15, -0.1) is 11.3 Å². The van der Waals surface area contributed by atoms with Crippen LogP contribution in [0.2, 0.25) is 0 Å². The third-order valence-corrected chi connectivity index (χ3v) is 4.31. The van der Waals surface area contributed by atoms with Gasteiger partial charge in [-0.2, -0.15) is 11.3 Å². The van der Waals surface area contributed by atoms with Crippen LogP contribution >= 0.6 is 22.7 Å². The molecule has 0 unspecified atom stereocenters. The van der Waals surface area contributed by atoms with E-state index in [-0.39, 0.29) is 5.91 Å². The zero-order valence-electron chi connectivity index (χ0n) is 9.48. The Labute approximate surface area is 103 Å². The van der Waals surface area contributed by atoms with Crippen molar-refractivity contribution in [3.8, 4) is 10.4 Å². The molecule has 0 atom stereocenters. The highest BCUT2D eigenvalue weighted by molar-refractivity contribution is 7.17. The molecular formula is C12H13NOS2. The van der Waals surface area contributed by atoms with Gasteiger partial charge in [0.25, 0.3) is 5.91 Å². The fraction of sp³-hybridized carbons (Fsp3) is 0.250. The van der Waals surface area contributed by atoms with Gasteiger partial charge in [0.2, 0.25) is 0 Å². The normalized spacial score (nSPS) is 10.4. The highest BCUT2D eigenvalue weighted by atomic mass is 32.1. The van der Waals surface area contributed by atoms with Crippen molar-refractivity contribution >= 4 is 28.6 Å². The molecular weight excluding hydrogens is 238 g/mol. The maximum atomic E-state index is 11.8. The van der Waals surface area contributed by atoms with Crippen molar-refractivity contribution in [2.45, 2.75) is 6.92 Å². The number of aryl methyl sites for hydroxylation is 1. The summed E-state index contributed by atoms with van der Waals surface area (Å²) in [6.45, 7) is 2.10. The summed E-state index contributed by atoms with van der Waals surface area (Å²) in [5.41, 5.74) is 2.52. The van der Waals surface area contributed by atoms with Gasteiger partial charge in [0.1, 0.15) is 0 Å². The molecule has 2 aromatic heterocycles. The van der Waals surface area contributed by atoms with Gasteiger partial charge in [-0.05, 0) is 35.4 Å². The van der Waals surface area contributed by atoms with Crippen molar-refractivity contribution in [3.05, 3.63) is 33.3 Å². The zero-order valence-corrected chi connectivity index (χ0v) is 11.1. The highest BCUT2D eigenvalue weighted by Gasteiger charge is 2.12. The number of nitrogens with zero attached hydrogens (tertiary/aromatic N) is 1. The first kappa shape index (κ1) is 11.4. The van der Waals surface area contributed by atoms with E-state index in [0.717, 1.165) is 4.88 Å². The van der Waals surface area contributed by atoms with E-state index < -0.39 is 0 Å². The third kappa shape index (κ3) is 2.03. The van der Waals surface area contributed by atoms with Gasteiger partial charge < -0.3 is 4.90 Å². The topological polar surface area (TPSA) is 20.3 Å². The maximum Gasteiger partial charge on any atom is 0.263 e. The van der Waals surface area contributed by atoms with Gasteiger partial charge in [0.05, 0.1) is 4.88 Å². The summed E-state index contributed by atoms with van der Waals surface area (Å²) in [5.74, 6) is 0.0733. The molecule has 2 nitrogen and oxygen atoms in total. The van der Waals surface area contributed by atoms with E-state index in [0.29, 0.717) is 0 Å². The Balaban J connectivity index is 2.34. The van der Waals surface area contributed by atoms with Crippen LogP contribution in [-0.2, 0) is 0 Å². The molecule has 0 aliphatic heterocycles. The Hall–Kier alpha value is -1.13. The minimum absolute atomic E-state index is 0.0733.